The fraction of sp³-hybridized carbons (Fsp3) is 0.316. The largest absolute Gasteiger partial charge is 0.397 e. The number of fused-ring (bicyclic) bond motifs is 3. The minimum atomic E-state index is -0.269. The Labute approximate surface area is 173 Å². The Hall–Kier alpha value is -3.57. The molecule has 0 saturated heterocycles. The first-order chi connectivity index (χ1) is 14.4. The second kappa shape index (κ2) is 7.69. The quantitative estimate of drug-likeness (QED) is 0.237. The molecule has 1 aromatic carbocycles. The Morgan fingerprint density at radius 1 is 1.37 bits per heavy atom. The molecule has 11 heteroatoms. The van der Waals surface area contributed by atoms with Crippen LogP contribution in [0, 0.1) is 0 Å². The van der Waals surface area contributed by atoms with Crippen molar-refractivity contribution in [3.05, 3.63) is 35.5 Å². The van der Waals surface area contributed by atoms with Gasteiger partial charge in [-0.25, -0.2) is 10.8 Å². The van der Waals surface area contributed by atoms with Crippen LogP contribution in [0.5, 0.6) is 0 Å². The van der Waals surface area contributed by atoms with Crippen LogP contribution in [0.2, 0.25) is 0 Å². The molecule has 0 fully saturated rings. The van der Waals surface area contributed by atoms with Gasteiger partial charge in [0, 0.05) is 26.2 Å². The number of nitrogens with one attached hydrogen (secondary N) is 3. The number of nitrogens with two attached hydrogens (primary N) is 2. The molecule has 4 rings (SSSR count). The summed E-state index contributed by atoms with van der Waals surface area (Å²) >= 11 is 0. The van der Waals surface area contributed by atoms with Crippen molar-refractivity contribution in [2.45, 2.75) is 19.6 Å². The highest BCUT2D eigenvalue weighted by atomic mass is 16.5. The SMILES string of the molecule is CNc1cc2nc3c(cnn13)C(=O)NC(C)COCc1cc(N)c(N(C)N)c(c1)N2. The van der Waals surface area contributed by atoms with Crippen molar-refractivity contribution >= 4 is 40.3 Å². The van der Waals surface area contributed by atoms with Crippen molar-refractivity contribution in [2.75, 3.05) is 42.1 Å². The molecule has 1 unspecified atom stereocenters. The van der Waals surface area contributed by atoms with Gasteiger partial charge in [-0.1, -0.05) is 0 Å². The predicted molar refractivity (Wildman–Crippen MR) is 116 cm³/mol. The molecule has 0 aliphatic carbocycles. The molecule has 11 nitrogen and oxygen atoms in total. The monoisotopic (exact) mass is 411 g/mol. The van der Waals surface area contributed by atoms with Crippen molar-refractivity contribution in [2.24, 2.45) is 5.84 Å². The lowest BCUT2D eigenvalue weighted by atomic mass is 10.1. The van der Waals surface area contributed by atoms with Gasteiger partial charge in [0.2, 0.25) is 0 Å². The van der Waals surface area contributed by atoms with E-state index in [1.54, 1.807) is 24.7 Å². The van der Waals surface area contributed by atoms with Crippen LogP contribution in [0.4, 0.5) is 28.7 Å². The number of rotatable bonds is 2. The summed E-state index contributed by atoms with van der Waals surface area (Å²) in [6.45, 7) is 2.55. The molecule has 0 saturated carbocycles. The molecule has 2 aromatic heterocycles. The van der Waals surface area contributed by atoms with E-state index in [2.05, 4.69) is 26.0 Å². The van der Waals surface area contributed by atoms with E-state index in [9.17, 15) is 4.79 Å². The highest BCUT2D eigenvalue weighted by Gasteiger charge is 2.20. The summed E-state index contributed by atoms with van der Waals surface area (Å²) in [5, 5.41) is 15.0. The maximum Gasteiger partial charge on any atom is 0.257 e. The van der Waals surface area contributed by atoms with E-state index in [0.29, 0.717) is 53.1 Å². The minimum Gasteiger partial charge on any atom is -0.397 e. The van der Waals surface area contributed by atoms with E-state index >= 15 is 0 Å². The molecule has 1 aliphatic rings. The number of nitrogens with zero attached hydrogens (tertiary/aromatic N) is 4. The van der Waals surface area contributed by atoms with Crippen LogP contribution in [-0.4, -0.2) is 47.2 Å². The van der Waals surface area contributed by atoms with E-state index in [4.69, 9.17) is 16.3 Å². The number of ether oxygens (including phenoxy) is 1. The van der Waals surface area contributed by atoms with Gasteiger partial charge in [0.05, 0.1) is 36.5 Å². The lowest BCUT2D eigenvalue weighted by Crippen LogP contribution is -2.36. The van der Waals surface area contributed by atoms with Gasteiger partial charge < -0.3 is 31.4 Å². The summed E-state index contributed by atoms with van der Waals surface area (Å²) in [6.07, 6.45) is 1.50. The maximum absolute atomic E-state index is 12.8. The van der Waals surface area contributed by atoms with Crippen LogP contribution in [0.3, 0.4) is 0 Å². The smallest absolute Gasteiger partial charge is 0.257 e. The number of aromatic nitrogens is 3. The number of hydrogen-bond donors (Lipinski definition) is 5. The number of carbonyl (C=O) groups is 1. The molecule has 7 N–H and O–H groups in total. The number of hydrazine groups is 1. The number of benzene rings is 1. The maximum atomic E-state index is 12.8. The van der Waals surface area contributed by atoms with Crippen LogP contribution in [0.15, 0.2) is 24.4 Å². The molecule has 0 spiro atoms. The Bertz CT molecular complexity index is 1110. The lowest BCUT2D eigenvalue weighted by molar-refractivity contribution is 0.0821. The van der Waals surface area contributed by atoms with E-state index in [1.165, 1.54) is 11.2 Å². The zero-order chi connectivity index (χ0) is 21.4. The van der Waals surface area contributed by atoms with E-state index in [1.807, 2.05) is 19.1 Å². The molecular weight excluding hydrogens is 386 g/mol. The van der Waals surface area contributed by atoms with E-state index in [-0.39, 0.29) is 11.9 Å². The molecule has 1 aliphatic heterocycles. The summed E-state index contributed by atoms with van der Waals surface area (Å²) in [5.41, 5.74) is 9.73. The minimum absolute atomic E-state index is 0.202. The van der Waals surface area contributed by atoms with Gasteiger partial charge >= 0.3 is 0 Å². The van der Waals surface area contributed by atoms with Crippen molar-refractivity contribution in [1.29, 1.82) is 0 Å². The highest BCUT2D eigenvalue weighted by Crippen LogP contribution is 2.35. The molecule has 30 heavy (non-hydrogen) atoms. The lowest BCUT2D eigenvalue weighted by Gasteiger charge is -2.22. The van der Waals surface area contributed by atoms with Gasteiger partial charge in [-0.2, -0.15) is 9.61 Å². The Morgan fingerprint density at radius 3 is 2.90 bits per heavy atom. The first kappa shape index (κ1) is 19.7. The van der Waals surface area contributed by atoms with Crippen molar-refractivity contribution in [1.82, 2.24) is 19.9 Å². The Kier molecular flexibility index (Phi) is 5.06. The van der Waals surface area contributed by atoms with Crippen LogP contribution in [0.1, 0.15) is 22.8 Å². The van der Waals surface area contributed by atoms with Gasteiger partial charge in [0.15, 0.2) is 5.65 Å². The molecular formula is C19H25N9O2. The number of nitrogen functional groups attached to an aromatic ring is 1. The second-order valence-corrected chi connectivity index (χ2v) is 7.28. The van der Waals surface area contributed by atoms with Crippen LogP contribution < -0.4 is 32.5 Å². The zero-order valence-corrected chi connectivity index (χ0v) is 17.1. The third-order valence-electron chi connectivity index (χ3n) is 4.80. The normalized spacial score (nSPS) is 16.7. The Morgan fingerprint density at radius 2 is 2.17 bits per heavy atom. The molecule has 1 atom stereocenters. The Balaban J connectivity index is 1.92. The molecule has 158 valence electrons. The van der Waals surface area contributed by atoms with Crippen LogP contribution in [0.25, 0.3) is 5.65 Å². The zero-order valence-electron chi connectivity index (χ0n) is 17.1. The van der Waals surface area contributed by atoms with Gasteiger partial charge in [-0.3, -0.25) is 4.79 Å². The first-order valence-electron chi connectivity index (χ1n) is 9.50. The van der Waals surface area contributed by atoms with Crippen molar-refractivity contribution in [3.8, 4) is 0 Å². The molecule has 1 amide bonds. The van der Waals surface area contributed by atoms with Gasteiger partial charge in [0.25, 0.3) is 5.91 Å². The summed E-state index contributed by atoms with van der Waals surface area (Å²) in [4.78, 5) is 17.4. The summed E-state index contributed by atoms with van der Waals surface area (Å²) in [7, 11) is 3.48. The standard InChI is InChI=1S/C19H25N9O2/c1-10-8-30-9-11-4-13(20)17(27(3)21)14(5-11)25-15-6-16(22-2)28-18(26-15)12(7-23-28)19(29)24-10/h4-7,10,22H,8-9,20-21H2,1-3H3,(H,24,29)(H,25,26). The predicted octanol–water partition coefficient (Wildman–Crippen LogP) is 1.06. The summed E-state index contributed by atoms with van der Waals surface area (Å²) in [5.74, 6) is 6.92. The van der Waals surface area contributed by atoms with Crippen LogP contribution in [-0.2, 0) is 11.3 Å². The number of hydrogen-bond acceptors (Lipinski definition) is 9. The molecule has 0 radical (unpaired) electrons. The third-order valence-corrected chi connectivity index (χ3v) is 4.80. The average Bonchev–Trinajstić information content (AvgIpc) is 3.10. The summed E-state index contributed by atoms with van der Waals surface area (Å²) in [6, 6.07) is 5.33. The number of anilines is 5. The first-order valence-corrected chi connectivity index (χ1v) is 9.50. The van der Waals surface area contributed by atoms with Crippen molar-refractivity contribution < 1.29 is 9.53 Å². The van der Waals surface area contributed by atoms with Crippen LogP contribution >= 0.6 is 0 Å². The van der Waals surface area contributed by atoms with Gasteiger partial charge in [-0.05, 0) is 24.6 Å². The highest BCUT2D eigenvalue weighted by molar-refractivity contribution is 6.00. The van der Waals surface area contributed by atoms with Gasteiger partial charge in [-0.15, -0.1) is 0 Å². The molecule has 3 heterocycles. The fourth-order valence-electron chi connectivity index (χ4n) is 3.49. The average molecular weight is 411 g/mol. The molecule has 4 bridgehead atoms. The van der Waals surface area contributed by atoms with Gasteiger partial charge in [0.1, 0.15) is 17.2 Å². The second-order valence-electron chi connectivity index (χ2n) is 7.28. The third kappa shape index (κ3) is 3.55. The fourth-order valence-corrected chi connectivity index (χ4v) is 3.49. The van der Waals surface area contributed by atoms with E-state index in [0.717, 1.165) is 5.56 Å². The summed E-state index contributed by atoms with van der Waals surface area (Å²) < 4.78 is 7.36. The number of amides is 1. The number of carbonyl (C=O) groups excluding carboxylic acids is 1. The topological polar surface area (TPSA) is 148 Å². The van der Waals surface area contributed by atoms with Crippen molar-refractivity contribution in [3.63, 3.8) is 0 Å². The van der Waals surface area contributed by atoms with E-state index < -0.39 is 0 Å². The molecule has 3 aromatic rings.